The number of para-hydroxylation sites is 1. The molecule has 1 unspecified atom stereocenters. The van der Waals surface area contributed by atoms with E-state index >= 15 is 0 Å². The molecule has 0 spiro atoms. The zero-order valence-corrected chi connectivity index (χ0v) is 14.6. The fourth-order valence-electron chi connectivity index (χ4n) is 2.98. The number of benzene rings is 1. The SMILES string of the molecule is CCS[C@@H]1O[C@H](CC)[C@H](C)C1Nc1c([N+](=O)[O-])cccc1[N+](=O)[O-]. The van der Waals surface area contributed by atoms with E-state index in [0.717, 1.165) is 12.2 Å². The number of anilines is 1. The quantitative estimate of drug-likeness (QED) is 0.585. The molecule has 0 aliphatic carbocycles. The first kappa shape index (κ1) is 18.5. The average Bonchev–Trinajstić information content (AvgIpc) is 2.83. The van der Waals surface area contributed by atoms with E-state index in [1.165, 1.54) is 18.2 Å². The molecule has 0 amide bonds. The van der Waals surface area contributed by atoms with Gasteiger partial charge in [-0.3, -0.25) is 20.2 Å². The topological polar surface area (TPSA) is 108 Å². The molecule has 1 heterocycles. The molecule has 1 aliphatic rings. The van der Waals surface area contributed by atoms with Crippen LogP contribution in [0.1, 0.15) is 27.2 Å². The molecule has 0 aromatic heterocycles. The summed E-state index contributed by atoms with van der Waals surface area (Å²) in [6.45, 7) is 6.02. The van der Waals surface area contributed by atoms with Crippen LogP contribution >= 0.6 is 11.8 Å². The van der Waals surface area contributed by atoms with E-state index in [1.54, 1.807) is 11.8 Å². The molecule has 1 aliphatic heterocycles. The summed E-state index contributed by atoms with van der Waals surface area (Å²) in [5, 5.41) is 25.6. The maximum absolute atomic E-state index is 11.3. The summed E-state index contributed by atoms with van der Waals surface area (Å²) in [7, 11) is 0. The average molecular weight is 355 g/mol. The Morgan fingerprint density at radius 3 is 2.25 bits per heavy atom. The van der Waals surface area contributed by atoms with E-state index in [0.29, 0.717) is 0 Å². The second kappa shape index (κ2) is 7.80. The van der Waals surface area contributed by atoms with Crippen molar-refractivity contribution in [1.82, 2.24) is 0 Å². The van der Waals surface area contributed by atoms with Crippen molar-refractivity contribution in [1.29, 1.82) is 0 Å². The monoisotopic (exact) mass is 355 g/mol. The summed E-state index contributed by atoms with van der Waals surface area (Å²) in [4.78, 5) is 21.4. The van der Waals surface area contributed by atoms with Gasteiger partial charge in [0.05, 0.1) is 22.0 Å². The highest BCUT2D eigenvalue weighted by molar-refractivity contribution is 7.99. The lowest BCUT2D eigenvalue weighted by atomic mass is 9.97. The minimum atomic E-state index is -0.602. The van der Waals surface area contributed by atoms with Gasteiger partial charge in [0.15, 0.2) is 5.69 Å². The molecular formula is C15H21N3O5S. The number of ether oxygens (including phenoxy) is 1. The van der Waals surface area contributed by atoms with E-state index in [-0.39, 0.29) is 40.6 Å². The second-order valence-electron chi connectivity index (χ2n) is 5.62. The fraction of sp³-hybridized carbons (Fsp3) is 0.600. The van der Waals surface area contributed by atoms with Gasteiger partial charge in [-0.25, -0.2) is 0 Å². The third kappa shape index (κ3) is 3.62. The Balaban J connectivity index is 2.41. The van der Waals surface area contributed by atoms with Crippen molar-refractivity contribution < 1.29 is 14.6 Å². The van der Waals surface area contributed by atoms with Crippen molar-refractivity contribution in [2.45, 2.75) is 44.8 Å². The van der Waals surface area contributed by atoms with Crippen LogP contribution in [-0.2, 0) is 4.74 Å². The molecule has 1 N–H and O–H groups in total. The lowest BCUT2D eigenvalue weighted by molar-refractivity contribution is -0.392. The van der Waals surface area contributed by atoms with Gasteiger partial charge in [-0.15, -0.1) is 11.8 Å². The zero-order valence-electron chi connectivity index (χ0n) is 13.8. The van der Waals surface area contributed by atoms with Crippen LogP contribution in [0.15, 0.2) is 18.2 Å². The predicted molar refractivity (Wildman–Crippen MR) is 93.4 cm³/mol. The Hall–Kier alpha value is -1.87. The molecule has 9 heteroatoms. The van der Waals surface area contributed by atoms with Crippen molar-refractivity contribution in [3.8, 4) is 0 Å². The van der Waals surface area contributed by atoms with Crippen molar-refractivity contribution >= 4 is 28.8 Å². The Bertz CT molecular complexity index is 595. The van der Waals surface area contributed by atoms with Gasteiger partial charge in [0, 0.05) is 18.1 Å². The van der Waals surface area contributed by atoms with Crippen LogP contribution in [0.3, 0.4) is 0 Å². The van der Waals surface area contributed by atoms with Crippen LogP contribution in [0, 0.1) is 26.1 Å². The summed E-state index contributed by atoms with van der Waals surface area (Å²) >= 11 is 1.59. The van der Waals surface area contributed by atoms with Crippen LogP contribution in [-0.4, -0.2) is 33.2 Å². The van der Waals surface area contributed by atoms with Gasteiger partial charge in [0.25, 0.3) is 11.4 Å². The van der Waals surface area contributed by atoms with Crippen LogP contribution in [0.4, 0.5) is 17.1 Å². The lowest BCUT2D eigenvalue weighted by Gasteiger charge is -2.22. The van der Waals surface area contributed by atoms with Crippen LogP contribution in [0.25, 0.3) is 0 Å². The molecule has 4 atom stereocenters. The largest absolute Gasteiger partial charge is 0.367 e. The Morgan fingerprint density at radius 1 is 1.21 bits per heavy atom. The minimum absolute atomic E-state index is 0.0216. The molecule has 0 bridgehead atoms. The van der Waals surface area contributed by atoms with Crippen molar-refractivity contribution in [2.24, 2.45) is 5.92 Å². The number of nitrogens with zero attached hydrogens (tertiary/aromatic N) is 2. The van der Waals surface area contributed by atoms with Gasteiger partial charge in [0.1, 0.15) is 5.44 Å². The second-order valence-corrected chi connectivity index (χ2v) is 7.00. The molecule has 24 heavy (non-hydrogen) atoms. The molecule has 1 saturated heterocycles. The molecule has 0 saturated carbocycles. The number of hydrogen-bond acceptors (Lipinski definition) is 7. The number of rotatable bonds is 7. The normalized spacial score (nSPS) is 26.3. The van der Waals surface area contributed by atoms with Gasteiger partial charge < -0.3 is 10.1 Å². The van der Waals surface area contributed by atoms with E-state index in [9.17, 15) is 20.2 Å². The first-order valence-electron chi connectivity index (χ1n) is 7.86. The first-order chi connectivity index (χ1) is 11.4. The molecule has 132 valence electrons. The van der Waals surface area contributed by atoms with Gasteiger partial charge in [0.2, 0.25) is 0 Å². The molecule has 0 radical (unpaired) electrons. The summed E-state index contributed by atoms with van der Waals surface area (Å²) in [5.74, 6) is 0.906. The highest BCUT2D eigenvalue weighted by Crippen LogP contribution is 2.41. The van der Waals surface area contributed by atoms with Gasteiger partial charge in [-0.1, -0.05) is 20.8 Å². The fourth-order valence-corrected chi connectivity index (χ4v) is 4.05. The number of thioether (sulfide) groups is 1. The van der Waals surface area contributed by atoms with E-state index in [1.807, 2.05) is 20.8 Å². The highest BCUT2D eigenvalue weighted by atomic mass is 32.2. The number of nitro benzene ring substituents is 2. The molecule has 1 fully saturated rings. The maximum atomic E-state index is 11.3. The zero-order chi connectivity index (χ0) is 17.9. The Labute approximate surface area is 144 Å². The number of hydrogen-bond donors (Lipinski definition) is 1. The molecule has 2 rings (SSSR count). The van der Waals surface area contributed by atoms with Crippen LogP contribution in [0.2, 0.25) is 0 Å². The third-order valence-corrected chi connectivity index (χ3v) is 5.28. The van der Waals surface area contributed by atoms with Crippen LogP contribution < -0.4 is 5.32 Å². The lowest BCUT2D eigenvalue weighted by Crippen LogP contribution is -2.33. The number of nitrogens with one attached hydrogen (secondary N) is 1. The van der Waals surface area contributed by atoms with E-state index in [2.05, 4.69) is 5.32 Å². The standard InChI is InChI=1S/C15H21N3O5S/c1-4-12-9(3)13(15(23-12)24-5-2)16-14-10(17(19)20)7-6-8-11(14)18(21)22/h6-9,12-13,15-16H,4-5H2,1-3H3/t9-,12+,13?,15-/m0/s1. The maximum Gasteiger partial charge on any atom is 0.299 e. The Morgan fingerprint density at radius 2 is 1.79 bits per heavy atom. The summed E-state index contributed by atoms with van der Waals surface area (Å²) < 4.78 is 6.01. The smallest absolute Gasteiger partial charge is 0.299 e. The number of nitro groups is 2. The molecular weight excluding hydrogens is 334 g/mol. The molecule has 8 nitrogen and oxygen atoms in total. The van der Waals surface area contributed by atoms with Gasteiger partial charge >= 0.3 is 0 Å². The van der Waals surface area contributed by atoms with E-state index in [4.69, 9.17) is 4.74 Å². The van der Waals surface area contributed by atoms with Gasteiger partial charge in [-0.2, -0.15) is 0 Å². The van der Waals surface area contributed by atoms with E-state index < -0.39 is 9.85 Å². The molecule has 1 aromatic carbocycles. The molecule has 1 aromatic rings. The van der Waals surface area contributed by atoms with Crippen LogP contribution in [0.5, 0.6) is 0 Å². The van der Waals surface area contributed by atoms with Gasteiger partial charge in [-0.05, 0) is 18.2 Å². The summed E-state index contributed by atoms with van der Waals surface area (Å²) in [6.07, 6.45) is 0.840. The predicted octanol–water partition coefficient (Wildman–Crippen LogP) is 3.81. The minimum Gasteiger partial charge on any atom is -0.367 e. The van der Waals surface area contributed by atoms with Crippen molar-refractivity contribution in [2.75, 3.05) is 11.1 Å². The highest BCUT2D eigenvalue weighted by Gasteiger charge is 2.42. The van der Waals surface area contributed by atoms with Crippen molar-refractivity contribution in [3.05, 3.63) is 38.4 Å². The third-order valence-electron chi connectivity index (χ3n) is 4.21. The first-order valence-corrected chi connectivity index (χ1v) is 8.90. The Kier molecular flexibility index (Phi) is 6.00. The van der Waals surface area contributed by atoms with Crippen molar-refractivity contribution in [3.63, 3.8) is 0 Å². The summed E-state index contributed by atoms with van der Waals surface area (Å²) in [6, 6.07) is 3.63. The summed E-state index contributed by atoms with van der Waals surface area (Å²) in [5.41, 5.74) is -0.839.